The Morgan fingerprint density at radius 1 is 1.32 bits per heavy atom. The van der Waals surface area contributed by atoms with Gasteiger partial charge in [0.1, 0.15) is 12.2 Å². The first-order valence-electron chi connectivity index (χ1n) is 8.43. The lowest BCUT2D eigenvalue weighted by Gasteiger charge is -2.26. The third-order valence-corrected chi connectivity index (χ3v) is 5.83. The maximum absolute atomic E-state index is 12.3. The van der Waals surface area contributed by atoms with Crippen LogP contribution in [0.2, 0.25) is 0 Å². The molecule has 0 unspecified atom stereocenters. The molecule has 0 N–H and O–H groups in total. The normalized spacial score (nSPS) is 23.6. The van der Waals surface area contributed by atoms with Gasteiger partial charge in [-0.15, -0.1) is 0 Å². The SMILES string of the molecule is Cc1cc2c(nc1OCCN1CCOCC1)OC1(C=NS2(=O)=O)CC1. The van der Waals surface area contributed by atoms with E-state index in [1.165, 1.54) is 12.3 Å². The van der Waals surface area contributed by atoms with Gasteiger partial charge < -0.3 is 14.2 Å². The number of nitrogens with zero attached hydrogens (tertiary/aromatic N) is 3. The third kappa shape index (κ3) is 3.49. The number of fused-ring (bicyclic) bond motifs is 1. The van der Waals surface area contributed by atoms with E-state index in [0.29, 0.717) is 18.1 Å². The summed E-state index contributed by atoms with van der Waals surface area (Å²) in [6, 6.07) is 1.53. The summed E-state index contributed by atoms with van der Waals surface area (Å²) in [6.45, 7) is 6.28. The Labute approximate surface area is 146 Å². The summed E-state index contributed by atoms with van der Waals surface area (Å²) in [4.78, 5) is 6.61. The lowest BCUT2D eigenvalue weighted by atomic mass is 10.3. The number of sulfonamides is 1. The van der Waals surface area contributed by atoms with Gasteiger partial charge in [-0.05, 0) is 25.8 Å². The van der Waals surface area contributed by atoms with Gasteiger partial charge in [0.25, 0.3) is 10.0 Å². The summed E-state index contributed by atoms with van der Waals surface area (Å²) in [6.07, 6.45) is 2.88. The molecule has 9 heteroatoms. The number of aromatic nitrogens is 1. The molecule has 2 fully saturated rings. The van der Waals surface area contributed by atoms with Gasteiger partial charge in [-0.1, -0.05) is 0 Å². The van der Waals surface area contributed by atoms with Crippen LogP contribution in [0.4, 0.5) is 0 Å². The topological polar surface area (TPSA) is 90.3 Å². The molecule has 1 aliphatic carbocycles. The molecule has 2 aliphatic heterocycles. The quantitative estimate of drug-likeness (QED) is 0.777. The van der Waals surface area contributed by atoms with Crippen LogP contribution in [0, 0.1) is 6.92 Å². The van der Waals surface area contributed by atoms with Crippen LogP contribution in [-0.2, 0) is 14.8 Å². The number of ether oxygens (including phenoxy) is 3. The molecule has 3 heterocycles. The average molecular weight is 367 g/mol. The number of hydrogen-bond donors (Lipinski definition) is 0. The predicted molar refractivity (Wildman–Crippen MR) is 90.0 cm³/mol. The van der Waals surface area contributed by atoms with E-state index < -0.39 is 15.6 Å². The smallest absolute Gasteiger partial charge is 0.287 e. The molecule has 136 valence electrons. The number of pyridine rings is 1. The molecule has 0 aromatic carbocycles. The number of morpholine rings is 1. The van der Waals surface area contributed by atoms with Crippen molar-refractivity contribution in [2.24, 2.45) is 4.40 Å². The summed E-state index contributed by atoms with van der Waals surface area (Å²) >= 11 is 0. The fourth-order valence-electron chi connectivity index (χ4n) is 2.85. The van der Waals surface area contributed by atoms with E-state index in [1.54, 1.807) is 6.92 Å². The van der Waals surface area contributed by atoms with Crippen LogP contribution >= 0.6 is 0 Å². The van der Waals surface area contributed by atoms with E-state index in [0.717, 1.165) is 45.7 Å². The zero-order valence-electron chi connectivity index (χ0n) is 14.1. The van der Waals surface area contributed by atoms with E-state index in [1.807, 2.05) is 0 Å². The number of aryl methyl sites for hydroxylation is 1. The Hall–Kier alpha value is -1.71. The van der Waals surface area contributed by atoms with Crippen molar-refractivity contribution in [3.8, 4) is 11.8 Å². The second-order valence-corrected chi connectivity index (χ2v) is 8.19. The van der Waals surface area contributed by atoms with Gasteiger partial charge in [-0.3, -0.25) is 4.90 Å². The molecule has 0 bridgehead atoms. The fourth-order valence-corrected chi connectivity index (χ4v) is 3.93. The van der Waals surface area contributed by atoms with Crippen LogP contribution in [0.5, 0.6) is 11.8 Å². The third-order valence-electron chi connectivity index (χ3n) is 4.60. The van der Waals surface area contributed by atoms with Crippen molar-refractivity contribution in [3.63, 3.8) is 0 Å². The zero-order chi connectivity index (χ0) is 17.5. The molecule has 4 rings (SSSR count). The van der Waals surface area contributed by atoms with Crippen molar-refractivity contribution in [1.29, 1.82) is 0 Å². The number of rotatable bonds is 4. The fraction of sp³-hybridized carbons (Fsp3) is 0.625. The Bertz CT molecular complexity index is 798. The van der Waals surface area contributed by atoms with Crippen molar-refractivity contribution >= 4 is 16.2 Å². The van der Waals surface area contributed by atoms with Gasteiger partial charge in [0.05, 0.1) is 19.4 Å². The van der Waals surface area contributed by atoms with Gasteiger partial charge in [-0.2, -0.15) is 17.8 Å². The van der Waals surface area contributed by atoms with E-state index in [-0.39, 0.29) is 10.8 Å². The minimum absolute atomic E-state index is 0.00514. The highest BCUT2D eigenvalue weighted by molar-refractivity contribution is 7.90. The van der Waals surface area contributed by atoms with Crippen molar-refractivity contribution in [2.75, 3.05) is 39.5 Å². The largest absolute Gasteiger partial charge is 0.476 e. The molecule has 1 aromatic heterocycles. The Kier molecular flexibility index (Phi) is 4.17. The molecule has 0 radical (unpaired) electrons. The standard InChI is InChI=1S/C16H21N3O5S/c1-12-10-13-15(24-16(2-3-16)11-17-25(13,20)21)18-14(12)23-9-6-19-4-7-22-8-5-19/h10-11H,2-9H2,1H3. The molecule has 0 atom stereocenters. The molecule has 8 nitrogen and oxygen atoms in total. The van der Waals surface area contributed by atoms with Crippen LogP contribution in [0.1, 0.15) is 18.4 Å². The van der Waals surface area contributed by atoms with Crippen LogP contribution in [0.25, 0.3) is 0 Å². The number of hydrogen-bond acceptors (Lipinski definition) is 7. The highest BCUT2D eigenvalue weighted by Gasteiger charge is 2.48. The van der Waals surface area contributed by atoms with Crippen molar-refractivity contribution in [1.82, 2.24) is 9.88 Å². The van der Waals surface area contributed by atoms with Gasteiger partial charge in [0.15, 0.2) is 4.90 Å². The molecule has 0 amide bonds. The van der Waals surface area contributed by atoms with E-state index in [9.17, 15) is 8.42 Å². The van der Waals surface area contributed by atoms with Crippen LogP contribution in [0.15, 0.2) is 15.4 Å². The lowest BCUT2D eigenvalue weighted by Crippen LogP contribution is -2.38. The van der Waals surface area contributed by atoms with Crippen molar-refractivity contribution in [2.45, 2.75) is 30.3 Å². The summed E-state index contributed by atoms with van der Waals surface area (Å²) in [7, 11) is -3.78. The second-order valence-electron chi connectivity index (χ2n) is 6.59. The van der Waals surface area contributed by atoms with Gasteiger partial charge in [0.2, 0.25) is 11.8 Å². The molecular weight excluding hydrogens is 346 g/mol. The van der Waals surface area contributed by atoms with Gasteiger partial charge in [-0.25, -0.2) is 0 Å². The first-order chi connectivity index (χ1) is 12.0. The summed E-state index contributed by atoms with van der Waals surface area (Å²) in [5, 5.41) is 0. The average Bonchev–Trinajstić information content (AvgIpc) is 3.37. The Morgan fingerprint density at radius 3 is 2.80 bits per heavy atom. The van der Waals surface area contributed by atoms with E-state index >= 15 is 0 Å². The maximum atomic E-state index is 12.3. The molecule has 1 spiro atoms. The molecule has 1 saturated carbocycles. The van der Waals surface area contributed by atoms with Crippen molar-refractivity contribution < 1.29 is 22.6 Å². The van der Waals surface area contributed by atoms with Crippen LogP contribution < -0.4 is 9.47 Å². The summed E-state index contributed by atoms with van der Waals surface area (Å²) in [5.74, 6) is 0.488. The van der Waals surface area contributed by atoms with Crippen molar-refractivity contribution in [3.05, 3.63) is 11.6 Å². The highest BCUT2D eigenvalue weighted by atomic mass is 32.2. The van der Waals surface area contributed by atoms with E-state index in [2.05, 4.69) is 14.3 Å². The Morgan fingerprint density at radius 2 is 2.08 bits per heavy atom. The van der Waals surface area contributed by atoms with Crippen LogP contribution in [0.3, 0.4) is 0 Å². The minimum atomic E-state index is -3.78. The van der Waals surface area contributed by atoms with Gasteiger partial charge in [0, 0.05) is 25.2 Å². The molecule has 1 saturated heterocycles. The minimum Gasteiger partial charge on any atom is -0.476 e. The molecule has 1 aromatic rings. The summed E-state index contributed by atoms with van der Waals surface area (Å²) in [5.41, 5.74) is 0.0286. The Balaban J connectivity index is 1.52. The first kappa shape index (κ1) is 16.7. The monoisotopic (exact) mass is 367 g/mol. The highest BCUT2D eigenvalue weighted by Crippen LogP contribution is 2.43. The van der Waals surface area contributed by atoms with Gasteiger partial charge >= 0.3 is 0 Å². The molecular formula is C16H21N3O5S. The predicted octanol–water partition coefficient (Wildman–Crippen LogP) is 0.786. The molecule has 3 aliphatic rings. The molecule has 25 heavy (non-hydrogen) atoms. The van der Waals surface area contributed by atoms with E-state index in [4.69, 9.17) is 14.2 Å². The zero-order valence-corrected chi connectivity index (χ0v) is 14.9. The second kappa shape index (κ2) is 6.22. The lowest BCUT2D eigenvalue weighted by molar-refractivity contribution is 0.0319. The van der Waals surface area contributed by atoms with Crippen LogP contribution in [-0.4, -0.2) is 69.6 Å². The first-order valence-corrected chi connectivity index (χ1v) is 9.87. The summed E-state index contributed by atoms with van der Waals surface area (Å²) < 4.78 is 45.3. The maximum Gasteiger partial charge on any atom is 0.287 e.